The zero-order chi connectivity index (χ0) is 30.9. The molecule has 0 saturated carbocycles. The predicted octanol–water partition coefficient (Wildman–Crippen LogP) is 7.26. The first kappa shape index (κ1) is 28.3. The molecule has 45 heavy (non-hydrogen) atoms. The monoisotopic (exact) mass is 599 g/mol. The molecule has 3 heterocycles. The second-order valence-corrected chi connectivity index (χ2v) is 11.2. The number of pyridine rings is 1. The quantitative estimate of drug-likeness (QED) is 0.188. The minimum absolute atomic E-state index is 0.205. The Bertz CT molecular complexity index is 1900. The summed E-state index contributed by atoms with van der Waals surface area (Å²) < 4.78 is 26.6. The third-order valence-electron chi connectivity index (χ3n) is 8.37. The summed E-state index contributed by atoms with van der Waals surface area (Å²) in [7, 11) is 0. The fourth-order valence-corrected chi connectivity index (χ4v) is 5.94. The molecule has 5 aromatic rings. The Morgan fingerprint density at radius 3 is 2.27 bits per heavy atom. The fraction of sp³-hybridized carbons (Fsp3) is 0.162. The Kier molecular flexibility index (Phi) is 7.47. The summed E-state index contributed by atoms with van der Waals surface area (Å²) in [5.74, 6) is -0.0785. The molecule has 0 N–H and O–H groups in total. The summed E-state index contributed by atoms with van der Waals surface area (Å²) in [6.45, 7) is 2.94. The maximum atomic E-state index is 14.5. The lowest BCUT2D eigenvalue weighted by atomic mass is 10.0. The molecule has 0 bridgehead atoms. The molecule has 1 aromatic heterocycles. The van der Waals surface area contributed by atoms with E-state index in [9.17, 15) is 14.0 Å². The van der Waals surface area contributed by atoms with Crippen molar-refractivity contribution in [1.82, 2.24) is 9.88 Å². The van der Waals surface area contributed by atoms with E-state index < -0.39 is 0 Å². The number of benzene rings is 4. The van der Waals surface area contributed by atoms with Gasteiger partial charge in [-0.2, -0.15) is 4.98 Å². The van der Waals surface area contributed by atoms with Crippen LogP contribution < -0.4 is 14.4 Å². The van der Waals surface area contributed by atoms with Crippen molar-refractivity contribution in [1.29, 1.82) is 0 Å². The first-order chi connectivity index (χ1) is 22.0. The number of amides is 2. The first-order valence-electron chi connectivity index (χ1n) is 14.8. The van der Waals surface area contributed by atoms with Gasteiger partial charge in [0.1, 0.15) is 24.7 Å². The molecule has 7 rings (SSSR count). The van der Waals surface area contributed by atoms with Gasteiger partial charge in [-0.1, -0.05) is 72.8 Å². The Labute approximate surface area is 260 Å². The first-order valence-corrected chi connectivity index (χ1v) is 14.8. The van der Waals surface area contributed by atoms with Crippen LogP contribution in [0.1, 0.15) is 61.5 Å². The number of hydrogen-bond acceptors (Lipinski definition) is 5. The van der Waals surface area contributed by atoms with E-state index in [2.05, 4.69) is 4.98 Å². The van der Waals surface area contributed by atoms with Gasteiger partial charge in [0.2, 0.25) is 11.8 Å². The van der Waals surface area contributed by atoms with E-state index in [4.69, 9.17) is 9.47 Å². The van der Waals surface area contributed by atoms with Gasteiger partial charge in [-0.3, -0.25) is 14.5 Å². The van der Waals surface area contributed by atoms with E-state index in [0.717, 1.165) is 22.3 Å². The summed E-state index contributed by atoms with van der Waals surface area (Å²) in [5, 5.41) is 0. The van der Waals surface area contributed by atoms with Crippen LogP contribution in [0.3, 0.4) is 0 Å². The number of nitrogens with zero attached hydrogens (tertiary/aromatic N) is 3. The van der Waals surface area contributed by atoms with Crippen molar-refractivity contribution in [2.45, 2.75) is 39.3 Å². The smallest absolute Gasteiger partial charge is 0.259 e. The second-order valence-electron chi connectivity index (χ2n) is 11.2. The Morgan fingerprint density at radius 1 is 0.844 bits per heavy atom. The van der Waals surface area contributed by atoms with Crippen LogP contribution in [0.4, 0.5) is 10.1 Å². The summed E-state index contributed by atoms with van der Waals surface area (Å²) in [6, 6.07) is 32.8. The zero-order valence-corrected chi connectivity index (χ0v) is 24.7. The second kappa shape index (κ2) is 11.9. The third-order valence-corrected chi connectivity index (χ3v) is 8.37. The average Bonchev–Trinajstić information content (AvgIpc) is 3.60. The van der Waals surface area contributed by atoms with Crippen LogP contribution in [0.2, 0.25) is 0 Å². The standard InChI is InChI=1S/C37H30FN3O4/c1-24-29-13-8-14-32(38)31(29)21-40(24)36(42)27-15-16-30-28(19-27)20-41(37(30)43)33-17-18-34(44-22-25-9-4-2-5-10-25)39-35(33)45-23-26-11-6-3-7-12-26/h2-19,24H,20-23H2,1H3/t24-/m0/s1. The van der Waals surface area contributed by atoms with E-state index in [1.54, 1.807) is 46.2 Å². The molecule has 7 nitrogen and oxygen atoms in total. The van der Waals surface area contributed by atoms with E-state index in [-0.39, 0.29) is 49.2 Å². The molecule has 0 spiro atoms. The van der Waals surface area contributed by atoms with Crippen LogP contribution >= 0.6 is 0 Å². The Balaban J connectivity index is 1.14. The Morgan fingerprint density at radius 2 is 1.56 bits per heavy atom. The summed E-state index contributed by atoms with van der Waals surface area (Å²) in [5.41, 5.74) is 5.51. The minimum atomic E-state index is -0.305. The van der Waals surface area contributed by atoms with Gasteiger partial charge in [-0.25, -0.2) is 4.39 Å². The Hall–Kier alpha value is -5.50. The van der Waals surface area contributed by atoms with Crippen molar-refractivity contribution in [2.24, 2.45) is 0 Å². The predicted molar refractivity (Wildman–Crippen MR) is 167 cm³/mol. The number of fused-ring (bicyclic) bond motifs is 2. The highest BCUT2D eigenvalue weighted by Gasteiger charge is 2.35. The topological polar surface area (TPSA) is 72.0 Å². The molecule has 0 fully saturated rings. The van der Waals surface area contributed by atoms with E-state index in [0.29, 0.717) is 34.9 Å². The summed E-state index contributed by atoms with van der Waals surface area (Å²) >= 11 is 0. The normalized spacial score (nSPS) is 15.2. The maximum absolute atomic E-state index is 14.5. The number of ether oxygens (including phenoxy) is 2. The molecule has 224 valence electrons. The molecule has 1 atom stereocenters. The van der Waals surface area contributed by atoms with Crippen LogP contribution in [0.25, 0.3) is 0 Å². The van der Waals surface area contributed by atoms with Crippen molar-refractivity contribution in [3.8, 4) is 11.8 Å². The average molecular weight is 600 g/mol. The highest BCUT2D eigenvalue weighted by molar-refractivity contribution is 6.11. The lowest BCUT2D eigenvalue weighted by Gasteiger charge is -2.22. The van der Waals surface area contributed by atoms with Gasteiger partial charge >= 0.3 is 0 Å². The van der Waals surface area contributed by atoms with Gasteiger partial charge < -0.3 is 14.4 Å². The molecule has 8 heteroatoms. The molecule has 0 saturated heterocycles. The van der Waals surface area contributed by atoms with Crippen LogP contribution in [-0.4, -0.2) is 21.7 Å². The fourth-order valence-electron chi connectivity index (χ4n) is 5.94. The van der Waals surface area contributed by atoms with E-state index in [1.807, 2.05) is 73.7 Å². The molecule has 2 aliphatic rings. The van der Waals surface area contributed by atoms with Crippen LogP contribution in [0.15, 0.2) is 109 Å². The number of carbonyl (C=O) groups excluding carboxylic acids is 2. The molecule has 2 aliphatic heterocycles. The SMILES string of the molecule is C[C@H]1c2cccc(F)c2CN1C(=O)c1ccc2c(c1)CN(c1ccc(OCc3ccccc3)nc1OCc1ccccc1)C2=O. The number of anilines is 1. The lowest BCUT2D eigenvalue weighted by molar-refractivity contribution is 0.0704. The number of carbonyl (C=O) groups is 2. The highest BCUT2D eigenvalue weighted by Crippen LogP contribution is 2.38. The molecule has 0 radical (unpaired) electrons. The van der Waals surface area contributed by atoms with Crippen molar-refractivity contribution in [3.63, 3.8) is 0 Å². The van der Waals surface area contributed by atoms with Crippen molar-refractivity contribution in [3.05, 3.63) is 154 Å². The van der Waals surface area contributed by atoms with Crippen LogP contribution in [0.5, 0.6) is 11.8 Å². The zero-order valence-electron chi connectivity index (χ0n) is 24.7. The van der Waals surface area contributed by atoms with Crippen LogP contribution in [0, 0.1) is 5.82 Å². The molecule has 2 amide bonds. The number of aromatic nitrogens is 1. The summed E-state index contributed by atoms with van der Waals surface area (Å²) in [4.78, 5) is 35.2. The van der Waals surface area contributed by atoms with E-state index in [1.165, 1.54) is 6.07 Å². The third kappa shape index (κ3) is 5.51. The van der Waals surface area contributed by atoms with Gasteiger partial charge in [-0.15, -0.1) is 0 Å². The number of hydrogen-bond donors (Lipinski definition) is 0. The highest BCUT2D eigenvalue weighted by atomic mass is 19.1. The van der Waals surface area contributed by atoms with Gasteiger partial charge in [0, 0.05) is 29.3 Å². The molecule has 0 aliphatic carbocycles. The molecule has 0 unspecified atom stereocenters. The largest absolute Gasteiger partial charge is 0.473 e. The van der Waals surface area contributed by atoms with Gasteiger partial charge in [0.05, 0.1) is 12.6 Å². The van der Waals surface area contributed by atoms with Crippen LogP contribution in [-0.2, 0) is 26.3 Å². The maximum Gasteiger partial charge on any atom is 0.259 e. The van der Waals surface area contributed by atoms with Gasteiger partial charge in [0.15, 0.2) is 0 Å². The number of halogens is 1. The van der Waals surface area contributed by atoms with Crippen molar-refractivity contribution in [2.75, 3.05) is 4.90 Å². The van der Waals surface area contributed by atoms with Gasteiger partial charge in [0.25, 0.3) is 11.8 Å². The lowest BCUT2D eigenvalue weighted by Crippen LogP contribution is -2.28. The van der Waals surface area contributed by atoms with Crippen molar-refractivity contribution < 1.29 is 23.5 Å². The molecular weight excluding hydrogens is 569 g/mol. The number of rotatable bonds is 8. The molecular formula is C37H30FN3O4. The summed E-state index contributed by atoms with van der Waals surface area (Å²) in [6.07, 6.45) is 0. The van der Waals surface area contributed by atoms with Crippen molar-refractivity contribution >= 4 is 17.5 Å². The van der Waals surface area contributed by atoms with E-state index >= 15 is 0 Å². The minimum Gasteiger partial charge on any atom is -0.473 e. The molecule has 4 aromatic carbocycles. The van der Waals surface area contributed by atoms with Gasteiger partial charge in [-0.05, 0) is 59.5 Å².